The molecule has 1 N–H and O–H groups in total. The summed E-state index contributed by atoms with van der Waals surface area (Å²) < 4.78 is 50.9. The Kier molecular flexibility index (Phi) is 7.10. The Morgan fingerprint density at radius 1 is 1.00 bits per heavy atom. The monoisotopic (exact) mass is 517 g/mol. The van der Waals surface area contributed by atoms with Crippen molar-refractivity contribution in [2.75, 3.05) is 36.4 Å². The number of nitrogens with zero attached hydrogens (tertiary/aromatic N) is 4. The van der Waals surface area contributed by atoms with E-state index in [2.05, 4.69) is 15.3 Å². The number of anilines is 2. The molecular formula is C25H26F3N5O4. The van der Waals surface area contributed by atoms with Crippen molar-refractivity contribution in [1.29, 1.82) is 0 Å². The molecule has 3 heterocycles. The predicted molar refractivity (Wildman–Crippen MR) is 129 cm³/mol. The van der Waals surface area contributed by atoms with Gasteiger partial charge in [-0.1, -0.05) is 18.2 Å². The normalized spacial score (nSPS) is 14.4. The van der Waals surface area contributed by atoms with Gasteiger partial charge in [-0.2, -0.15) is 13.2 Å². The second-order valence-electron chi connectivity index (χ2n) is 9.37. The highest BCUT2D eigenvalue weighted by atomic mass is 19.4. The molecule has 0 saturated carbocycles. The second-order valence-corrected chi connectivity index (χ2v) is 9.37. The Labute approximate surface area is 211 Å². The molecule has 0 atom stereocenters. The van der Waals surface area contributed by atoms with E-state index in [4.69, 9.17) is 9.15 Å². The topological polar surface area (TPSA) is 101 Å². The zero-order valence-corrected chi connectivity index (χ0v) is 20.5. The Balaban J connectivity index is 1.42. The van der Waals surface area contributed by atoms with Crippen molar-refractivity contribution in [3.63, 3.8) is 0 Å². The standard InChI is InChI=1S/C25H26F3N5O4/c1-24(2,3)37-23(35)33-13-11-32(12-14-33)18-10-9-17(15-29-18)30-21(34)19-20(25(26,27)28)36-22(31-19)16-7-5-4-6-8-16/h4-10,15H,11-14H2,1-3H3,(H,30,34). The van der Waals surface area contributed by atoms with Crippen molar-refractivity contribution in [1.82, 2.24) is 14.9 Å². The van der Waals surface area contributed by atoms with Gasteiger partial charge in [0.2, 0.25) is 11.7 Å². The average molecular weight is 518 g/mol. The van der Waals surface area contributed by atoms with Gasteiger partial charge in [-0.3, -0.25) is 4.79 Å². The summed E-state index contributed by atoms with van der Waals surface area (Å²) in [5, 5.41) is 2.40. The number of hydrogen-bond donors (Lipinski definition) is 1. The lowest BCUT2D eigenvalue weighted by atomic mass is 10.2. The zero-order valence-electron chi connectivity index (χ0n) is 20.5. The second kappa shape index (κ2) is 10.1. The molecule has 0 unspecified atom stereocenters. The lowest BCUT2D eigenvalue weighted by Crippen LogP contribution is -2.50. The molecule has 0 radical (unpaired) electrons. The van der Waals surface area contributed by atoms with E-state index >= 15 is 0 Å². The first-order chi connectivity index (χ1) is 17.4. The highest BCUT2D eigenvalue weighted by molar-refractivity contribution is 6.04. The van der Waals surface area contributed by atoms with E-state index in [9.17, 15) is 22.8 Å². The van der Waals surface area contributed by atoms with Gasteiger partial charge >= 0.3 is 12.3 Å². The van der Waals surface area contributed by atoms with Crippen LogP contribution < -0.4 is 10.2 Å². The van der Waals surface area contributed by atoms with Crippen molar-refractivity contribution >= 4 is 23.5 Å². The summed E-state index contributed by atoms with van der Waals surface area (Å²) >= 11 is 0. The molecule has 0 bridgehead atoms. The van der Waals surface area contributed by atoms with Crippen LogP contribution in [-0.2, 0) is 10.9 Å². The van der Waals surface area contributed by atoms with Crippen molar-refractivity contribution in [3.8, 4) is 11.5 Å². The number of oxazole rings is 1. The van der Waals surface area contributed by atoms with Crippen LogP contribution >= 0.6 is 0 Å². The maximum absolute atomic E-state index is 13.5. The lowest BCUT2D eigenvalue weighted by molar-refractivity contribution is -0.153. The summed E-state index contributed by atoms with van der Waals surface area (Å²) in [4.78, 5) is 36.6. The Morgan fingerprint density at radius 3 is 2.24 bits per heavy atom. The van der Waals surface area contributed by atoms with Gasteiger partial charge in [0.15, 0.2) is 5.69 Å². The van der Waals surface area contributed by atoms with Crippen LogP contribution in [0.2, 0.25) is 0 Å². The third-order valence-electron chi connectivity index (χ3n) is 5.38. The number of amides is 2. The molecule has 1 saturated heterocycles. The Hall–Kier alpha value is -4.09. The Morgan fingerprint density at radius 2 is 1.68 bits per heavy atom. The van der Waals surface area contributed by atoms with E-state index in [1.54, 1.807) is 49.9 Å². The molecule has 1 fully saturated rings. The highest BCUT2D eigenvalue weighted by Crippen LogP contribution is 2.35. The minimum absolute atomic E-state index is 0.193. The first kappa shape index (κ1) is 26.0. The smallest absolute Gasteiger partial charge is 0.444 e. The fourth-order valence-corrected chi connectivity index (χ4v) is 3.65. The molecule has 1 aliphatic heterocycles. The number of rotatable bonds is 4. The number of piperazine rings is 1. The van der Waals surface area contributed by atoms with Crippen molar-refractivity contribution < 1.29 is 31.9 Å². The fourth-order valence-electron chi connectivity index (χ4n) is 3.65. The van der Waals surface area contributed by atoms with Crippen LogP contribution in [-0.4, -0.2) is 58.6 Å². The van der Waals surface area contributed by atoms with Crippen LogP contribution in [0.15, 0.2) is 53.1 Å². The molecule has 37 heavy (non-hydrogen) atoms. The quantitative estimate of drug-likeness (QED) is 0.516. The van der Waals surface area contributed by atoms with E-state index in [-0.39, 0.29) is 17.7 Å². The van der Waals surface area contributed by atoms with Gasteiger partial charge in [-0.05, 0) is 45.0 Å². The first-order valence-corrected chi connectivity index (χ1v) is 11.5. The largest absolute Gasteiger partial charge is 0.452 e. The number of carbonyl (C=O) groups excluding carboxylic acids is 2. The lowest BCUT2D eigenvalue weighted by Gasteiger charge is -2.36. The van der Waals surface area contributed by atoms with Crippen LogP contribution in [0.5, 0.6) is 0 Å². The van der Waals surface area contributed by atoms with Crippen LogP contribution in [0, 0.1) is 0 Å². The number of carbonyl (C=O) groups is 2. The van der Waals surface area contributed by atoms with Gasteiger partial charge in [0.25, 0.3) is 5.91 Å². The molecule has 196 valence electrons. The van der Waals surface area contributed by atoms with E-state index in [1.807, 2.05) is 4.90 Å². The van der Waals surface area contributed by atoms with Crippen molar-refractivity contribution in [2.45, 2.75) is 32.5 Å². The van der Waals surface area contributed by atoms with Gasteiger partial charge < -0.3 is 24.3 Å². The maximum atomic E-state index is 13.5. The number of alkyl halides is 3. The minimum atomic E-state index is -4.91. The number of nitrogens with one attached hydrogen (secondary N) is 1. The van der Waals surface area contributed by atoms with E-state index in [1.165, 1.54) is 24.4 Å². The van der Waals surface area contributed by atoms with Crippen molar-refractivity contribution in [2.24, 2.45) is 0 Å². The van der Waals surface area contributed by atoms with Crippen LogP contribution in [0.1, 0.15) is 37.0 Å². The van der Waals surface area contributed by atoms with Crippen LogP contribution in [0.3, 0.4) is 0 Å². The van der Waals surface area contributed by atoms with E-state index in [0.717, 1.165) is 0 Å². The number of pyridine rings is 1. The van der Waals surface area contributed by atoms with Crippen molar-refractivity contribution in [3.05, 3.63) is 60.1 Å². The summed E-state index contributed by atoms with van der Waals surface area (Å²) in [6.07, 6.45) is -3.94. The molecule has 9 nitrogen and oxygen atoms in total. The summed E-state index contributed by atoms with van der Waals surface area (Å²) in [5.74, 6) is -2.25. The molecule has 12 heteroatoms. The summed E-state index contributed by atoms with van der Waals surface area (Å²) in [6, 6.07) is 11.2. The van der Waals surface area contributed by atoms with E-state index < -0.39 is 29.1 Å². The molecule has 4 rings (SSSR count). The summed E-state index contributed by atoms with van der Waals surface area (Å²) in [7, 11) is 0. The molecule has 1 aliphatic rings. The number of ether oxygens (including phenoxy) is 1. The average Bonchev–Trinajstić information content (AvgIpc) is 3.31. The molecule has 0 spiro atoms. The van der Waals surface area contributed by atoms with Gasteiger partial charge in [0.05, 0.1) is 11.9 Å². The molecule has 1 aromatic carbocycles. The molecule has 0 aliphatic carbocycles. The fraction of sp³-hybridized carbons (Fsp3) is 0.360. The number of benzene rings is 1. The first-order valence-electron chi connectivity index (χ1n) is 11.5. The number of aromatic nitrogens is 2. The Bertz CT molecular complexity index is 1250. The minimum Gasteiger partial charge on any atom is -0.444 e. The molecular weight excluding hydrogens is 491 g/mol. The maximum Gasteiger partial charge on any atom is 0.452 e. The number of halogens is 3. The zero-order chi connectivity index (χ0) is 26.8. The summed E-state index contributed by atoms with van der Waals surface area (Å²) in [6.45, 7) is 7.36. The third kappa shape index (κ3) is 6.38. The predicted octanol–water partition coefficient (Wildman–Crippen LogP) is 5.06. The summed E-state index contributed by atoms with van der Waals surface area (Å²) in [5.41, 5.74) is -0.941. The van der Waals surface area contributed by atoms with E-state index in [0.29, 0.717) is 37.6 Å². The van der Waals surface area contributed by atoms with Gasteiger partial charge in [0.1, 0.15) is 11.4 Å². The highest BCUT2D eigenvalue weighted by Gasteiger charge is 2.42. The van der Waals surface area contributed by atoms with Gasteiger partial charge in [-0.15, -0.1) is 0 Å². The third-order valence-corrected chi connectivity index (χ3v) is 5.38. The molecule has 2 aromatic heterocycles. The van der Waals surface area contributed by atoms with Crippen LogP contribution in [0.4, 0.5) is 29.5 Å². The van der Waals surface area contributed by atoms with Gasteiger partial charge in [0, 0.05) is 31.7 Å². The number of hydrogen-bond acceptors (Lipinski definition) is 7. The van der Waals surface area contributed by atoms with Gasteiger partial charge in [-0.25, -0.2) is 14.8 Å². The molecule has 2 amide bonds. The molecule has 3 aromatic rings. The van der Waals surface area contributed by atoms with Crippen LogP contribution in [0.25, 0.3) is 11.5 Å². The SMILES string of the molecule is CC(C)(C)OC(=O)N1CCN(c2ccc(NC(=O)c3nc(-c4ccccc4)oc3C(F)(F)F)cn2)CC1.